The summed E-state index contributed by atoms with van der Waals surface area (Å²) in [6, 6.07) is 3.32. The van der Waals surface area contributed by atoms with Crippen molar-refractivity contribution in [2.75, 3.05) is 19.8 Å². The van der Waals surface area contributed by atoms with Crippen LogP contribution in [0.4, 0.5) is 4.39 Å². The maximum atomic E-state index is 13.6. The van der Waals surface area contributed by atoms with Gasteiger partial charge in [0.2, 0.25) is 0 Å². The van der Waals surface area contributed by atoms with Crippen molar-refractivity contribution >= 4 is 5.91 Å². The molecule has 1 amide bonds. The van der Waals surface area contributed by atoms with Gasteiger partial charge in [-0.25, -0.2) is 4.98 Å². The van der Waals surface area contributed by atoms with Gasteiger partial charge in [-0.3, -0.25) is 14.3 Å². The molecule has 2 aromatic heterocycles. The topological polar surface area (TPSA) is 75.0 Å². The number of hydrogen-bond donors (Lipinski definition) is 1. The zero-order chi connectivity index (χ0) is 17.2. The number of carbonyl (C=O) groups is 1. The van der Waals surface area contributed by atoms with E-state index in [9.17, 15) is 9.18 Å². The van der Waals surface area contributed by atoms with E-state index < -0.39 is 6.67 Å². The Morgan fingerprint density at radius 2 is 2.16 bits per heavy atom. The lowest BCUT2D eigenvalue weighted by Crippen LogP contribution is -2.28. The minimum Gasteiger partial charge on any atom is -0.459 e. The molecule has 134 valence electrons. The summed E-state index contributed by atoms with van der Waals surface area (Å²) in [6.07, 6.45) is 7.44. The first-order valence-electron chi connectivity index (χ1n) is 9.07. The third-order valence-corrected chi connectivity index (χ3v) is 5.50. The van der Waals surface area contributed by atoms with E-state index in [0.29, 0.717) is 30.6 Å². The molecule has 1 saturated heterocycles. The molecular weight excluding hydrogens is 323 g/mol. The Bertz CT molecular complexity index is 708. The van der Waals surface area contributed by atoms with Gasteiger partial charge in [-0.05, 0) is 25.0 Å². The number of hydrogen-bond acceptors (Lipinski definition) is 4. The number of carbonyl (C=O) groups excluding carboxylic acids is 1. The van der Waals surface area contributed by atoms with Crippen LogP contribution in [0.25, 0.3) is 0 Å². The summed E-state index contributed by atoms with van der Waals surface area (Å²) in [5.74, 6) is 1.66. The molecule has 4 rings (SSSR count). The number of furan rings is 1. The monoisotopic (exact) mass is 346 g/mol. The minimum atomic E-state index is -0.480. The average Bonchev–Trinajstić information content (AvgIpc) is 3.41. The number of nitrogens with zero attached hydrogens (tertiary/aromatic N) is 3. The number of nitrogens with one attached hydrogen (secondary N) is 1. The molecule has 6 nitrogen and oxygen atoms in total. The largest absolute Gasteiger partial charge is 0.459 e. The fraction of sp³-hybridized carbons (Fsp3) is 0.611. The SMILES string of the molecule is O=C(c1ccco1)N1C[C@@H](CF)[C@H](c2nc(C3CCCCC3)n[nH]2)C1. The summed E-state index contributed by atoms with van der Waals surface area (Å²) >= 11 is 0. The number of halogens is 1. The van der Waals surface area contributed by atoms with Gasteiger partial charge < -0.3 is 9.32 Å². The van der Waals surface area contributed by atoms with E-state index in [1.165, 1.54) is 25.5 Å². The molecule has 2 aliphatic rings. The average molecular weight is 346 g/mol. The summed E-state index contributed by atoms with van der Waals surface area (Å²) in [7, 11) is 0. The summed E-state index contributed by atoms with van der Waals surface area (Å²) < 4.78 is 18.7. The highest BCUT2D eigenvalue weighted by Crippen LogP contribution is 2.35. The number of H-pyrrole nitrogens is 1. The van der Waals surface area contributed by atoms with E-state index in [0.717, 1.165) is 18.7 Å². The number of likely N-dealkylation sites (tertiary alicyclic amines) is 1. The maximum Gasteiger partial charge on any atom is 0.289 e. The second kappa shape index (κ2) is 6.98. The normalized spacial score (nSPS) is 24.8. The molecule has 0 radical (unpaired) electrons. The highest BCUT2D eigenvalue weighted by molar-refractivity contribution is 5.91. The van der Waals surface area contributed by atoms with Gasteiger partial charge in [-0.15, -0.1) is 0 Å². The zero-order valence-corrected chi connectivity index (χ0v) is 14.2. The summed E-state index contributed by atoms with van der Waals surface area (Å²) in [6.45, 7) is 0.333. The van der Waals surface area contributed by atoms with Crippen LogP contribution in [0.1, 0.15) is 66.1 Å². The molecule has 0 unspecified atom stereocenters. The van der Waals surface area contributed by atoms with Crippen molar-refractivity contribution in [3.63, 3.8) is 0 Å². The Morgan fingerprint density at radius 3 is 2.88 bits per heavy atom. The molecule has 1 aliphatic carbocycles. The Balaban J connectivity index is 1.49. The van der Waals surface area contributed by atoms with Gasteiger partial charge in [0.05, 0.1) is 12.9 Å². The van der Waals surface area contributed by atoms with Gasteiger partial charge >= 0.3 is 0 Å². The predicted molar refractivity (Wildman–Crippen MR) is 89.0 cm³/mol. The lowest BCUT2D eigenvalue weighted by Gasteiger charge is -2.18. The highest BCUT2D eigenvalue weighted by Gasteiger charge is 2.39. The standard InChI is InChI=1S/C18H23FN4O2/c19-9-13-10-23(18(24)15-7-4-8-25-15)11-14(13)17-20-16(21-22-17)12-5-2-1-3-6-12/h4,7-8,12-14H,1-3,5-6,9-11H2,(H,20,21,22)/t13-,14-/m1/s1. The number of aromatic nitrogens is 3. The van der Waals surface area contributed by atoms with Crippen LogP contribution in [0.2, 0.25) is 0 Å². The molecule has 0 bridgehead atoms. The first-order valence-corrected chi connectivity index (χ1v) is 9.07. The van der Waals surface area contributed by atoms with Gasteiger partial charge in [-0.1, -0.05) is 19.3 Å². The number of rotatable bonds is 4. The molecule has 2 atom stereocenters. The van der Waals surface area contributed by atoms with Gasteiger partial charge in [0, 0.05) is 30.8 Å². The second-order valence-electron chi connectivity index (χ2n) is 7.12. The number of aromatic amines is 1. The lowest BCUT2D eigenvalue weighted by molar-refractivity contribution is 0.0753. The number of alkyl halides is 1. The van der Waals surface area contributed by atoms with E-state index >= 15 is 0 Å². The fourth-order valence-electron chi connectivity index (χ4n) is 4.06. The third kappa shape index (κ3) is 3.19. The Labute approximate surface area is 145 Å². The molecule has 25 heavy (non-hydrogen) atoms. The van der Waals surface area contributed by atoms with E-state index in [-0.39, 0.29) is 17.7 Å². The Morgan fingerprint density at radius 1 is 1.32 bits per heavy atom. The van der Waals surface area contributed by atoms with Crippen LogP contribution in [0.5, 0.6) is 0 Å². The van der Waals surface area contributed by atoms with Crippen LogP contribution in [0, 0.1) is 5.92 Å². The molecular formula is C18H23FN4O2. The lowest BCUT2D eigenvalue weighted by atomic mass is 9.89. The molecule has 0 spiro atoms. The number of amides is 1. The molecule has 0 aromatic carbocycles. The summed E-state index contributed by atoms with van der Waals surface area (Å²) in [5, 5.41) is 7.41. The summed E-state index contributed by atoms with van der Waals surface area (Å²) in [4.78, 5) is 18.8. The van der Waals surface area contributed by atoms with Crippen molar-refractivity contribution in [3.8, 4) is 0 Å². The van der Waals surface area contributed by atoms with Gasteiger partial charge in [0.25, 0.3) is 5.91 Å². The molecule has 7 heteroatoms. The van der Waals surface area contributed by atoms with Crippen molar-refractivity contribution < 1.29 is 13.6 Å². The molecule has 3 heterocycles. The maximum absolute atomic E-state index is 13.6. The predicted octanol–water partition coefficient (Wildman–Crippen LogP) is 3.27. The fourth-order valence-corrected chi connectivity index (χ4v) is 4.06. The molecule has 1 N–H and O–H groups in total. The van der Waals surface area contributed by atoms with E-state index in [1.807, 2.05) is 0 Å². The molecule has 1 aliphatic heterocycles. The van der Waals surface area contributed by atoms with Crippen LogP contribution in [0.15, 0.2) is 22.8 Å². The third-order valence-electron chi connectivity index (χ3n) is 5.50. The first-order chi connectivity index (χ1) is 12.3. The smallest absolute Gasteiger partial charge is 0.289 e. The van der Waals surface area contributed by atoms with Crippen LogP contribution < -0.4 is 0 Å². The van der Waals surface area contributed by atoms with E-state index in [2.05, 4.69) is 15.2 Å². The quantitative estimate of drug-likeness (QED) is 0.922. The van der Waals surface area contributed by atoms with Crippen LogP contribution in [0.3, 0.4) is 0 Å². The van der Waals surface area contributed by atoms with Crippen LogP contribution >= 0.6 is 0 Å². The second-order valence-corrected chi connectivity index (χ2v) is 7.12. The van der Waals surface area contributed by atoms with E-state index in [1.54, 1.807) is 17.0 Å². The van der Waals surface area contributed by atoms with E-state index in [4.69, 9.17) is 4.42 Å². The molecule has 2 aromatic rings. The van der Waals surface area contributed by atoms with Gasteiger partial charge in [-0.2, -0.15) is 5.10 Å². The van der Waals surface area contributed by atoms with Crippen molar-refractivity contribution in [3.05, 3.63) is 35.8 Å². The van der Waals surface area contributed by atoms with Crippen molar-refractivity contribution in [2.24, 2.45) is 5.92 Å². The van der Waals surface area contributed by atoms with Crippen molar-refractivity contribution in [1.29, 1.82) is 0 Å². The molecule has 1 saturated carbocycles. The Kier molecular flexibility index (Phi) is 4.55. The zero-order valence-electron chi connectivity index (χ0n) is 14.2. The van der Waals surface area contributed by atoms with Gasteiger partial charge in [0.1, 0.15) is 5.82 Å². The van der Waals surface area contributed by atoms with Crippen LogP contribution in [-0.2, 0) is 0 Å². The minimum absolute atomic E-state index is 0.145. The van der Waals surface area contributed by atoms with Gasteiger partial charge in [0.15, 0.2) is 11.6 Å². The van der Waals surface area contributed by atoms with Crippen LogP contribution in [-0.4, -0.2) is 45.8 Å². The summed E-state index contributed by atoms with van der Waals surface area (Å²) in [5.41, 5.74) is 0. The molecule has 2 fully saturated rings. The first kappa shape index (κ1) is 16.3. The Hall–Kier alpha value is -2.18. The van der Waals surface area contributed by atoms with Crippen molar-refractivity contribution in [1.82, 2.24) is 20.1 Å². The highest BCUT2D eigenvalue weighted by atomic mass is 19.1. The van der Waals surface area contributed by atoms with Crippen molar-refractivity contribution in [2.45, 2.75) is 43.9 Å².